The molecule has 1 atom stereocenters. The number of rotatable bonds is 5. The van der Waals surface area contributed by atoms with Gasteiger partial charge in [0.25, 0.3) is 0 Å². The Morgan fingerprint density at radius 3 is 2.59 bits per heavy atom. The number of benzene rings is 1. The van der Waals surface area contributed by atoms with Crippen LogP contribution >= 0.6 is 0 Å². The fourth-order valence-corrected chi connectivity index (χ4v) is 3.45. The van der Waals surface area contributed by atoms with Crippen molar-refractivity contribution in [1.82, 2.24) is 15.1 Å². The largest absolute Gasteiger partial charge is 0.490 e. The van der Waals surface area contributed by atoms with E-state index in [2.05, 4.69) is 39.3 Å². The van der Waals surface area contributed by atoms with Crippen molar-refractivity contribution in [3.8, 4) is 11.5 Å². The van der Waals surface area contributed by atoms with Gasteiger partial charge < -0.3 is 25.0 Å². The molecule has 1 aromatic rings. The monoisotopic (exact) mass is 375 g/mol. The number of piperazine rings is 1. The van der Waals surface area contributed by atoms with Crippen LogP contribution < -0.4 is 20.1 Å². The zero-order valence-electron chi connectivity index (χ0n) is 16.8. The van der Waals surface area contributed by atoms with Crippen molar-refractivity contribution in [2.75, 3.05) is 64.8 Å². The fourth-order valence-electron chi connectivity index (χ4n) is 3.45. The van der Waals surface area contributed by atoms with E-state index in [0.29, 0.717) is 19.3 Å². The zero-order chi connectivity index (χ0) is 19.1. The van der Waals surface area contributed by atoms with Gasteiger partial charge in [0.15, 0.2) is 17.5 Å². The highest BCUT2D eigenvalue weighted by atomic mass is 16.5. The molecular weight excluding hydrogens is 342 g/mol. The minimum Gasteiger partial charge on any atom is -0.490 e. The number of nitrogens with zero attached hydrogens (tertiary/aromatic N) is 3. The molecule has 2 N–H and O–H groups in total. The Labute approximate surface area is 162 Å². The molecule has 150 valence electrons. The third-order valence-electron chi connectivity index (χ3n) is 5.28. The number of hydrogen-bond donors (Lipinski definition) is 2. The van der Waals surface area contributed by atoms with E-state index in [1.54, 1.807) is 7.05 Å². The molecule has 2 heterocycles. The van der Waals surface area contributed by atoms with Crippen molar-refractivity contribution in [3.63, 3.8) is 0 Å². The Hall–Kier alpha value is -1.99. The number of anilines is 1. The summed E-state index contributed by atoms with van der Waals surface area (Å²) in [5.74, 6) is 2.36. The summed E-state index contributed by atoms with van der Waals surface area (Å²) in [6, 6.07) is 6.38. The number of fused-ring (bicyclic) bond motifs is 1. The molecule has 2 aliphatic heterocycles. The molecule has 0 saturated carbocycles. The lowest BCUT2D eigenvalue weighted by Gasteiger charge is -2.37. The van der Waals surface area contributed by atoms with E-state index in [-0.39, 0.29) is 0 Å². The van der Waals surface area contributed by atoms with Crippen LogP contribution in [0, 0.1) is 0 Å². The van der Waals surface area contributed by atoms with Gasteiger partial charge in [-0.1, -0.05) is 6.92 Å². The summed E-state index contributed by atoms with van der Waals surface area (Å²) in [6.07, 6.45) is 0.908. The molecule has 0 radical (unpaired) electrons. The summed E-state index contributed by atoms with van der Waals surface area (Å²) < 4.78 is 11.5. The molecule has 0 aromatic heterocycles. The Kier molecular flexibility index (Phi) is 7.18. The van der Waals surface area contributed by atoms with Gasteiger partial charge in [0.05, 0.1) is 13.2 Å². The summed E-state index contributed by atoms with van der Waals surface area (Å²) in [4.78, 5) is 9.39. The summed E-state index contributed by atoms with van der Waals surface area (Å²) in [6.45, 7) is 12.5. The predicted octanol–water partition coefficient (Wildman–Crippen LogP) is 1.86. The van der Waals surface area contributed by atoms with E-state index in [1.807, 2.05) is 18.2 Å². The lowest BCUT2D eigenvalue weighted by molar-refractivity contribution is 0.107. The molecule has 0 spiro atoms. The summed E-state index contributed by atoms with van der Waals surface area (Å²) in [5, 5.41) is 6.79. The van der Waals surface area contributed by atoms with Gasteiger partial charge in [-0.25, -0.2) is 0 Å². The maximum absolute atomic E-state index is 5.76. The smallest absolute Gasteiger partial charge is 0.195 e. The van der Waals surface area contributed by atoms with Gasteiger partial charge in [-0.2, -0.15) is 0 Å². The van der Waals surface area contributed by atoms with Crippen molar-refractivity contribution < 1.29 is 9.47 Å². The Balaban J connectivity index is 1.50. The molecule has 1 fully saturated rings. The number of guanidine groups is 1. The van der Waals surface area contributed by atoms with E-state index in [0.717, 1.165) is 68.8 Å². The van der Waals surface area contributed by atoms with Crippen LogP contribution in [0.3, 0.4) is 0 Å². The van der Waals surface area contributed by atoms with Gasteiger partial charge in [-0.3, -0.25) is 9.89 Å². The van der Waals surface area contributed by atoms with Crippen molar-refractivity contribution in [2.45, 2.75) is 26.3 Å². The second kappa shape index (κ2) is 9.80. The first-order chi connectivity index (χ1) is 13.2. The van der Waals surface area contributed by atoms with Crippen LogP contribution in [0.15, 0.2) is 23.2 Å². The number of likely N-dealkylation sites (N-methyl/N-ethyl adjacent to an activating group) is 1. The summed E-state index contributed by atoms with van der Waals surface area (Å²) >= 11 is 0. The maximum atomic E-state index is 5.76. The van der Waals surface area contributed by atoms with Crippen LogP contribution in [-0.2, 0) is 0 Å². The standard InChI is InChI=1S/C20H33N5O2/c1-4-24-8-10-25(11-9-24)16(2)15-22-20(21-3)23-17-6-7-18-19(14-17)27-13-5-12-26-18/h6-7,14,16H,4-5,8-13,15H2,1-3H3,(H2,21,22,23). The maximum Gasteiger partial charge on any atom is 0.195 e. The first-order valence-electron chi connectivity index (χ1n) is 10.0. The molecule has 0 bridgehead atoms. The van der Waals surface area contributed by atoms with E-state index >= 15 is 0 Å². The topological polar surface area (TPSA) is 61.4 Å². The lowest BCUT2D eigenvalue weighted by atomic mass is 10.2. The van der Waals surface area contributed by atoms with E-state index in [9.17, 15) is 0 Å². The van der Waals surface area contributed by atoms with Crippen molar-refractivity contribution >= 4 is 11.6 Å². The average Bonchev–Trinajstić information content (AvgIpc) is 2.95. The quantitative estimate of drug-likeness (QED) is 0.605. The summed E-state index contributed by atoms with van der Waals surface area (Å²) in [5.41, 5.74) is 0.941. The summed E-state index contributed by atoms with van der Waals surface area (Å²) in [7, 11) is 1.79. The normalized spacial score (nSPS) is 20.0. The third-order valence-corrected chi connectivity index (χ3v) is 5.28. The molecule has 27 heavy (non-hydrogen) atoms. The highest BCUT2D eigenvalue weighted by Crippen LogP contribution is 2.32. The molecular formula is C20H33N5O2. The van der Waals surface area contributed by atoms with Crippen molar-refractivity contribution in [2.24, 2.45) is 4.99 Å². The van der Waals surface area contributed by atoms with Gasteiger partial charge in [0.2, 0.25) is 0 Å². The van der Waals surface area contributed by atoms with Crippen LogP contribution in [0.2, 0.25) is 0 Å². The van der Waals surface area contributed by atoms with Gasteiger partial charge in [-0.05, 0) is 25.6 Å². The SMILES string of the molecule is CCN1CCN(C(C)CNC(=NC)Nc2ccc3c(c2)OCCCO3)CC1. The minimum atomic E-state index is 0.464. The van der Waals surface area contributed by atoms with Crippen LogP contribution in [0.4, 0.5) is 5.69 Å². The molecule has 7 heteroatoms. The van der Waals surface area contributed by atoms with Crippen LogP contribution in [-0.4, -0.2) is 81.3 Å². The Morgan fingerprint density at radius 1 is 1.15 bits per heavy atom. The average molecular weight is 376 g/mol. The van der Waals surface area contributed by atoms with Crippen LogP contribution in [0.5, 0.6) is 11.5 Å². The molecule has 2 aliphatic rings. The molecule has 0 amide bonds. The second-order valence-corrected chi connectivity index (χ2v) is 7.11. The van der Waals surface area contributed by atoms with Crippen LogP contribution in [0.1, 0.15) is 20.3 Å². The van der Waals surface area contributed by atoms with E-state index < -0.39 is 0 Å². The van der Waals surface area contributed by atoms with Crippen molar-refractivity contribution in [3.05, 3.63) is 18.2 Å². The number of nitrogens with one attached hydrogen (secondary N) is 2. The highest BCUT2D eigenvalue weighted by Gasteiger charge is 2.20. The van der Waals surface area contributed by atoms with E-state index in [4.69, 9.17) is 9.47 Å². The fraction of sp³-hybridized carbons (Fsp3) is 0.650. The van der Waals surface area contributed by atoms with Gasteiger partial charge in [0.1, 0.15) is 0 Å². The molecule has 3 rings (SSSR count). The first kappa shape index (κ1) is 19.8. The lowest BCUT2D eigenvalue weighted by Crippen LogP contribution is -2.52. The Bertz CT molecular complexity index is 629. The second-order valence-electron chi connectivity index (χ2n) is 7.11. The number of aliphatic imine (C=N–C) groups is 1. The molecule has 0 aliphatic carbocycles. The zero-order valence-corrected chi connectivity index (χ0v) is 16.8. The Morgan fingerprint density at radius 2 is 1.89 bits per heavy atom. The van der Waals surface area contributed by atoms with E-state index in [1.165, 1.54) is 0 Å². The molecule has 1 aromatic carbocycles. The highest BCUT2D eigenvalue weighted by molar-refractivity contribution is 5.93. The van der Waals surface area contributed by atoms with Gasteiger partial charge >= 0.3 is 0 Å². The first-order valence-corrected chi connectivity index (χ1v) is 10.0. The number of ether oxygens (including phenoxy) is 2. The van der Waals surface area contributed by atoms with Crippen LogP contribution in [0.25, 0.3) is 0 Å². The molecule has 7 nitrogen and oxygen atoms in total. The number of hydrogen-bond acceptors (Lipinski definition) is 5. The van der Waals surface area contributed by atoms with Gasteiger partial charge in [0, 0.05) is 64.0 Å². The predicted molar refractivity (Wildman–Crippen MR) is 110 cm³/mol. The minimum absolute atomic E-state index is 0.464. The van der Waals surface area contributed by atoms with Gasteiger partial charge in [-0.15, -0.1) is 0 Å². The van der Waals surface area contributed by atoms with Crippen molar-refractivity contribution in [1.29, 1.82) is 0 Å². The molecule has 1 saturated heterocycles. The third kappa shape index (κ3) is 5.49. The molecule has 1 unspecified atom stereocenters.